The van der Waals surface area contributed by atoms with Crippen molar-refractivity contribution in [3.05, 3.63) is 0 Å². The molecule has 3 heteroatoms. The summed E-state index contributed by atoms with van der Waals surface area (Å²) < 4.78 is 5.73. The highest BCUT2D eigenvalue weighted by Gasteiger charge is 2.47. The zero-order chi connectivity index (χ0) is 9.59. The number of hydrogen-bond donors (Lipinski definition) is 0. The van der Waals surface area contributed by atoms with E-state index in [9.17, 15) is 4.79 Å². The van der Waals surface area contributed by atoms with E-state index in [1.54, 1.807) is 6.92 Å². The van der Waals surface area contributed by atoms with Gasteiger partial charge in [0.05, 0.1) is 6.10 Å². The molecule has 2 saturated heterocycles. The molecule has 74 valence electrons. The minimum atomic E-state index is 0.0786. The Morgan fingerprint density at radius 2 is 2.23 bits per heavy atom. The van der Waals surface area contributed by atoms with E-state index in [0.29, 0.717) is 17.9 Å². The largest absolute Gasteiger partial charge is 0.353 e. The van der Waals surface area contributed by atoms with Gasteiger partial charge < -0.3 is 9.64 Å². The van der Waals surface area contributed by atoms with Gasteiger partial charge in [-0.25, -0.2) is 0 Å². The van der Waals surface area contributed by atoms with Crippen LogP contribution < -0.4 is 0 Å². The molecule has 0 N–H and O–H groups in total. The second kappa shape index (κ2) is 2.98. The first-order chi connectivity index (χ1) is 6.09. The zero-order valence-electron chi connectivity index (χ0n) is 8.49. The summed E-state index contributed by atoms with van der Waals surface area (Å²) in [5, 5.41) is 0. The minimum Gasteiger partial charge on any atom is -0.353 e. The monoisotopic (exact) mass is 183 g/mol. The molecular weight excluding hydrogens is 166 g/mol. The molecule has 2 aliphatic rings. The van der Waals surface area contributed by atoms with Gasteiger partial charge in [-0.3, -0.25) is 4.79 Å². The fraction of sp³-hybridized carbons (Fsp3) is 0.900. The van der Waals surface area contributed by atoms with Crippen LogP contribution in [0.5, 0.6) is 0 Å². The Balaban J connectivity index is 2.03. The highest BCUT2D eigenvalue weighted by Crippen LogP contribution is 2.39. The molecule has 0 aromatic rings. The van der Waals surface area contributed by atoms with Gasteiger partial charge in [-0.15, -0.1) is 0 Å². The van der Waals surface area contributed by atoms with Gasteiger partial charge in [-0.05, 0) is 18.3 Å². The Labute approximate surface area is 79.0 Å². The molecular formula is C10H17NO2. The maximum absolute atomic E-state index is 11.2. The van der Waals surface area contributed by atoms with Crippen molar-refractivity contribution < 1.29 is 9.53 Å². The lowest BCUT2D eigenvalue weighted by Gasteiger charge is -2.29. The van der Waals surface area contributed by atoms with E-state index in [4.69, 9.17) is 4.74 Å². The first-order valence-electron chi connectivity index (χ1n) is 5.02. The normalized spacial score (nSPS) is 37.5. The van der Waals surface area contributed by atoms with Crippen LogP contribution in [0.1, 0.15) is 27.2 Å². The third kappa shape index (κ3) is 1.35. The molecule has 3 unspecified atom stereocenters. The number of nitrogens with zero attached hydrogens (tertiary/aromatic N) is 1. The van der Waals surface area contributed by atoms with E-state index in [1.807, 2.05) is 4.90 Å². The summed E-state index contributed by atoms with van der Waals surface area (Å²) in [5.41, 5.74) is 0. The van der Waals surface area contributed by atoms with E-state index >= 15 is 0 Å². The number of carbonyl (C=O) groups excluding carboxylic acids is 1. The van der Waals surface area contributed by atoms with Crippen molar-refractivity contribution in [1.29, 1.82) is 0 Å². The van der Waals surface area contributed by atoms with Gasteiger partial charge in [-0.2, -0.15) is 0 Å². The number of amides is 1. The molecule has 1 amide bonds. The van der Waals surface area contributed by atoms with Crippen molar-refractivity contribution in [2.75, 3.05) is 6.54 Å². The molecule has 13 heavy (non-hydrogen) atoms. The number of piperidine rings is 1. The van der Waals surface area contributed by atoms with Gasteiger partial charge in [-0.1, -0.05) is 13.8 Å². The molecule has 2 rings (SSSR count). The van der Waals surface area contributed by atoms with Crippen molar-refractivity contribution in [2.24, 2.45) is 11.8 Å². The van der Waals surface area contributed by atoms with Crippen LogP contribution in [0.3, 0.4) is 0 Å². The number of fused-ring (bicyclic) bond motifs is 2. The third-order valence-corrected chi connectivity index (χ3v) is 3.27. The van der Waals surface area contributed by atoms with Crippen LogP contribution in [0.15, 0.2) is 0 Å². The average Bonchev–Trinajstić information content (AvgIpc) is 2.60. The highest BCUT2D eigenvalue weighted by molar-refractivity contribution is 5.73. The number of hydrogen-bond acceptors (Lipinski definition) is 2. The molecule has 0 spiro atoms. The summed E-state index contributed by atoms with van der Waals surface area (Å²) in [5.74, 6) is 1.47. The molecule has 0 radical (unpaired) electrons. The number of ether oxygens (including phenoxy) is 1. The third-order valence-electron chi connectivity index (χ3n) is 3.27. The number of likely N-dealkylation sites (tertiary alicyclic amines) is 1. The van der Waals surface area contributed by atoms with E-state index in [-0.39, 0.29) is 12.1 Å². The molecule has 3 nitrogen and oxygen atoms in total. The van der Waals surface area contributed by atoms with Crippen LogP contribution in [0, 0.1) is 11.8 Å². The molecule has 0 aliphatic carbocycles. The molecule has 3 atom stereocenters. The quantitative estimate of drug-likeness (QED) is 0.612. The SMILES string of the molecule is CC(=O)N1CC2OC1CC2C(C)C. The van der Waals surface area contributed by atoms with Crippen molar-refractivity contribution in [3.8, 4) is 0 Å². The van der Waals surface area contributed by atoms with Crippen molar-refractivity contribution in [2.45, 2.75) is 39.5 Å². The van der Waals surface area contributed by atoms with E-state index < -0.39 is 0 Å². The summed E-state index contributed by atoms with van der Waals surface area (Å²) in [4.78, 5) is 13.0. The van der Waals surface area contributed by atoms with Crippen LogP contribution in [-0.2, 0) is 9.53 Å². The first-order valence-corrected chi connectivity index (χ1v) is 5.02. The number of rotatable bonds is 1. The van der Waals surface area contributed by atoms with Gasteiger partial charge >= 0.3 is 0 Å². The lowest BCUT2D eigenvalue weighted by Crippen LogP contribution is -2.41. The zero-order valence-corrected chi connectivity index (χ0v) is 8.49. The Bertz CT molecular complexity index is 227. The lowest BCUT2D eigenvalue weighted by molar-refractivity contribution is -0.133. The topological polar surface area (TPSA) is 29.5 Å². The maximum Gasteiger partial charge on any atom is 0.221 e. The highest BCUT2D eigenvalue weighted by atomic mass is 16.5. The summed E-state index contributed by atoms with van der Waals surface area (Å²) in [7, 11) is 0. The van der Waals surface area contributed by atoms with Crippen molar-refractivity contribution in [1.82, 2.24) is 4.90 Å². The van der Waals surface area contributed by atoms with Crippen molar-refractivity contribution >= 4 is 5.91 Å². The maximum atomic E-state index is 11.2. The lowest BCUT2D eigenvalue weighted by atomic mass is 9.86. The minimum absolute atomic E-state index is 0.0786. The molecule has 0 aromatic heterocycles. The molecule has 0 saturated carbocycles. The van der Waals surface area contributed by atoms with Gasteiger partial charge in [0.15, 0.2) is 0 Å². The molecule has 2 heterocycles. The van der Waals surface area contributed by atoms with E-state index in [1.165, 1.54) is 0 Å². The van der Waals surface area contributed by atoms with Gasteiger partial charge in [0.2, 0.25) is 5.91 Å². The Morgan fingerprint density at radius 1 is 1.54 bits per heavy atom. The fourth-order valence-corrected chi connectivity index (χ4v) is 2.47. The van der Waals surface area contributed by atoms with Gasteiger partial charge in [0.1, 0.15) is 6.23 Å². The van der Waals surface area contributed by atoms with Crippen molar-refractivity contribution in [3.63, 3.8) is 0 Å². The summed E-state index contributed by atoms with van der Waals surface area (Å²) in [6.07, 6.45) is 1.41. The smallest absolute Gasteiger partial charge is 0.221 e. The Hall–Kier alpha value is -0.570. The summed E-state index contributed by atoms with van der Waals surface area (Å²) >= 11 is 0. The average molecular weight is 183 g/mol. The van der Waals surface area contributed by atoms with Crippen LogP contribution in [0.4, 0.5) is 0 Å². The van der Waals surface area contributed by atoms with Crippen LogP contribution in [0.25, 0.3) is 0 Å². The van der Waals surface area contributed by atoms with E-state index in [0.717, 1.165) is 13.0 Å². The van der Waals surface area contributed by atoms with Crippen LogP contribution in [-0.4, -0.2) is 29.7 Å². The van der Waals surface area contributed by atoms with Crippen LogP contribution in [0.2, 0.25) is 0 Å². The summed E-state index contributed by atoms with van der Waals surface area (Å²) in [6.45, 7) is 6.89. The number of carbonyl (C=O) groups is 1. The predicted molar refractivity (Wildman–Crippen MR) is 49.0 cm³/mol. The molecule has 0 aromatic carbocycles. The van der Waals surface area contributed by atoms with Crippen LogP contribution >= 0.6 is 0 Å². The van der Waals surface area contributed by atoms with E-state index in [2.05, 4.69) is 13.8 Å². The second-order valence-corrected chi connectivity index (χ2v) is 4.44. The Morgan fingerprint density at radius 3 is 2.62 bits per heavy atom. The molecule has 2 bridgehead atoms. The fourth-order valence-electron chi connectivity index (χ4n) is 2.47. The Kier molecular flexibility index (Phi) is 2.06. The molecule has 2 aliphatic heterocycles. The molecule has 2 fully saturated rings. The van der Waals surface area contributed by atoms with Gasteiger partial charge in [0, 0.05) is 13.5 Å². The van der Waals surface area contributed by atoms with Gasteiger partial charge in [0.25, 0.3) is 0 Å². The standard InChI is InChI=1S/C10H17NO2/c1-6(2)8-4-10-11(7(3)12)5-9(8)13-10/h6,8-10H,4-5H2,1-3H3. The summed E-state index contributed by atoms with van der Waals surface area (Å²) in [6, 6.07) is 0. The second-order valence-electron chi connectivity index (χ2n) is 4.44. The first kappa shape index (κ1) is 9.00. The predicted octanol–water partition coefficient (Wildman–Crippen LogP) is 1.24.